The SMILES string of the molecule is CCCc1[nH]nc(C(=O)NCCNC(=O)N(C)C)c1N. The van der Waals surface area contributed by atoms with Crippen molar-refractivity contribution in [3.05, 3.63) is 11.4 Å². The molecule has 1 rings (SSSR count). The fraction of sp³-hybridized carbons (Fsp3) is 0.583. The molecule has 0 atom stereocenters. The van der Waals surface area contributed by atoms with Crippen LogP contribution in [0.5, 0.6) is 0 Å². The molecule has 8 heteroatoms. The Balaban J connectivity index is 2.42. The Morgan fingerprint density at radius 2 is 1.95 bits per heavy atom. The quantitative estimate of drug-likeness (QED) is 0.547. The summed E-state index contributed by atoms with van der Waals surface area (Å²) in [6.45, 7) is 2.68. The van der Waals surface area contributed by atoms with E-state index < -0.39 is 0 Å². The van der Waals surface area contributed by atoms with Crippen molar-refractivity contribution in [3.63, 3.8) is 0 Å². The Bertz CT molecular complexity index is 469. The summed E-state index contributed by atoms with van der Waals surface area (Å²) in [5.74, 6) is -0.347. The van der Waals surface area contributed by atoms with E-state index in [-0.39, 0.29) is 17.6 Å². The van der Waals surface area contributed by atoms with Crippen LogP contribution in [0.4, 0.5) is 10.5 Å². The largest absolute Gasteiger partial charge is 0.395 e. The van der Waals surface area contributed by atoms with E-state index in [0.29, 0.717) is 18.8 Å². The van der Waals surface area contributed by atoms with E-state index >= 15 is 0 Å². The lowest BCUT2D eigenvalue weighted by atomic mass is 10.2. The molecule has 1 aromatic rings. The predicted octanol–water partition coefficient (Wildman–Crippen LogP) is -0.0546. The van der Waals surface area contributed by atoms with Crippen molar-refractivity contribution in [2.45, 2.75) is 19.8 Å². The maximum Gasteiger partial charge on any atom is 0.316 e. The number of hydrogen-bond donors (Lipinski definition) is 4. The molecule has 1 aromatic heterocycles. The number of aromatic nitrogens is 2. The molecule has 0 saturated heterocycles. The summed E-state index contributed by atoms with van der Waals surface area (Å²) in [6.07, 6.45) is 1.68. The van der Waals surface area contributed by atoms with Crippen molar-refractivity contribution in [3.8, 4) is 0 Å². The number of nitrogens with zero attached hydrogens (tertiary/aromatic N) is 2. The minimum atomic E-state index is -0.347. The minimum Gasteiger partial charge on any atom is -0.395 e. The number of H-pyrrole nitrogens is 1. The highest BCUT2D eigenvalue weighted by molar-refractivity contribution is 5.97. The second-order valence-corrected chi connectivity index (χ2v) is 4.60. The Hall–Kier alpha value is -2.25. The number of urea groups is 1. The molecule has 0 bridgehead atoms. The number of hydrogen-bond acceptors (Lipinski definition) is 4. The summed E-state index contributed by atoms with van der Waals surface area (Å²) in [6, 6.07) is -0.205. The zero-order valence-corrected chi connectivity index (χ0v) is 12.1. The van der Waals surface area contributed by atoms with Crippen LogP contribution in [0.3, 0.4) is 0 Å². The van der Waals surface area contributed by atoms with Gasteiger partial charge in [0.05, 0.1) is 11.4 Å². The second-order valence-electron chi connectivity index (χ2n) is 4.60. The maximum atomic E-state index is 11.9. The lowest BCUT2D eigenvalue weighted by Gasteiger charge is -2.11. The maximum absolute atomic E-state index is 11.9. The van der Waals surface area contributed by atoms with Crippen LogP contribution >= 0.6 is 0 Å². The number of carbonyl (C=O) groups excluding carboxylic acids is 2. The van der Waals surface area contributed by atoms with E-state index in [4.69, 9.17) is 5.73 Å². The minimum absolute atomic E-state index is 0.201. The average molecular weight is 282 g/mol. The van der Waals surface area contributed by atoms with Gasteiger partial charge in [-0.1, -0.05) is 13.3 Å². The first-order valence-electron chi connectivity index (χ1n) is 6.53. The van der Waals surface area contributed by atoms with Gasteiger partial charge in [0.2, 0.25) is 0 Å². The molecule has 1 heterocycles. The molecule has 0 radical (unpaired) electrons. The molecule has 0 fully saturated rings. The highest BCUT2D eigenvalue weighted by Crippen LogP contribution is 2.15. The van der Waals surface area contributed by atoms with Crippen molar-refractivity contribution in [2.24, 2.45) is 0 Å². The molecule has 0 aromatic carbocycles. The molecule has 3 amide bonds. The lowest BCUT2D eigenvalue weighted by molar-refractivity contribution is 0.0949. The van der Waals surface area contributed by atoms with Crippen molar-refractivity contribution < 1.29 is 9.59 Å². The average Bonchev–Trinajstić information content (AvgIpc) is 2.76. The normalized spacial score (nSPS) is 10.2. The number of nitrogens with one attached hydrogen (secondary N) is 3. The molecule has 0 saturated carbocycles. The number of aryl methyl sites for hydroxylation is 1. The van der Waals surface area contributed by atoms with E-state index in [1.165, 1.54) is 4.90 Å². The van der Waals surface area contributed by atoms with Crippen LogP contribution in [0.25, 0.3) is 0 Å². The molecular formula is C12H22N6O2. The molecule has 8 nitrogen and oxygen atoms in total. The number of amides is 3. The zero-order chi connectivity index (χ0) is 15.1. The molecule has 112 valence electrons. The standard InChI is InChI=1S/C12H22N6O2/c1-4-5-8-9(13)10(17-16-8)11(19)14-6-7-15-12(20)18(2)3/h4-7,13H2,1-3H3,(H,14,19)(H,15,20)(H,16,17). The summed E-state index contributed by atoms with van der Waals surface area (Å²) >= 11 is 0. The highest BCUT2D eigenvalue weighted by Gasteiger charge is 2.16. The molecule has 5 N–H and O–H groups in total. The summed E-state index contributed by atoms with van der Waals surface area (Å²) in [7, 11) is 3.29. The lowest BCUT2D eigenvalue weighted by Crippen LogP contribution is -2.39. The Labute approximate surface area is 118 Å². The van der Waals surface area contributed by atoms with Crippen molar-refractivity contribution in [2.75, 3.05) is 32.9 Å². The van der Waals surface area contributed by atoms with Crippen LogP contribution in [0, 0.1) is 0 Å². The van der Waals surface area contributed by atoms with Gasteiger partial charge in [0.15, 0.2) is 5.69 Å². The van der Waals surface area contributed by atoms with Gasteiger partial charge in [-0.3, -0.25) is 9.89 Å². The third-order valence-corrected chi connectivity index (χ3v) is 2.69. The fourth-order valence-electron chi connectivity index (χ4n) is 1.59. The van der Waals surface area contributed by atoms with Crippen LogP contribution in [0.1, 0.15) is 29.5 Å². The fourth-order valence-corrected chi connectivity index (χ4v) is 1.59. The molecule has 0 unspecified atom stereocenters. The number of rotatable bonds is 6. The number of carbonyl (C=O) groups is 2. The molecule has 0 aliphatic heterocycles. The molecule has 0 aliphatic rings. The van der Waals surface area contributed by atoms with E-state index in [2.05, 4.69) is 20.8 Å². The van der Waals surface area contributed by atoms with Crippen LogP contribution in [0.2, 0.25) is 0 Å². The van der Waals surface area contributed by atoms with Gasteiger partial charge >= 0.3 is 6.03 Å². The molecule has 0 spiro atoms. The van der Waals surface area contributed by atoms with Crippen LogP contribution in [0.15, 0.2) is 0 Å². The molecule has 20 heavy (non-hydrogen) atoms. The predicted molar refractivity (Wildman–Crippen MR) is 76.4 cm³/mol. The number of nitrogens with two attached hydrogens (primary N) is 1. The third kappa shape index (κ3) is 4.15. The molecule has 0 aliphatic carbocycles. The Morgan fingerprint density at radius 3 is 2.55 bits per heavy atom. The first-order chi connectivity index (χ1) is 9.47. The summed E-state index contributed by atoms with van der Waals surface area (Å²) in [4.78, 5) is 24.5. The monoisotopic (exact) mass is 282 g/mol. The first-order valence-corrected chi connectivity index (χ1v) is 6.53. The van der Waals surface area contributed by atoms with E-state index in [1.54, 1.807) is 14.1 Å². The first kappa shape index (κ1) is 15.8. The summed E-state index contributed by atoms with van der Waals surface area (Å²) < 4.78 is 0. The number of nitrogen functional groups attached to an aromatic ring is 1. The van der Waals surface area contributed by atoms with Gasteiger partial charge in [-0.2, -0.15) is 5.10 Å². The summed E-state index contributed by atoms with van der Waals surface area (Å²) in [5.41, 5.74) is 7.22. The van der Waals surface area contributed by atoms with Gasteiger partial charge in [0, 0.05) is 27.2 Å². The zero-order valence-electron chi connectivity index (χ0n) is 12.1. The number of aromatic amines is 1. The third-order valence-electron chi connectivity index (χ3n) is 2.69. The van der Waals surface area contributed by atoms with Crippen molar-refractivity contribution in [1.29, 1.82) is 0 Å². The topological polar surface area (TPSA) is 116 Å². The summed E-state index contributed by atoms with van der Waals surface area (Å²) in [5, 5.41) is 12.0. The van der Waals surface area contributed by atoms with Crippen molar-refractivity contribution >= 4 is 17.6 Å². The molecular weight excluding hydrogens is 260 g/mol. The highest BCUT2D eigenvalue weighted by atomic mass is 16.2. The van der Waals surface area contributed by atoms with Crippen LogP contribution < -0.4 is 16.4 Å². The Kier molecular flexibility index (Phi) is 5.82. The van der Waals surface area contributed by atoms with Gasteiger partial charge in [-0.05, 0) is 6.42 Å². The van der Waals surface area contributed by atoms with Crippen LogP contribution in [-0.2, 0) is 6.42 Å². The van der Waals surface area contributed by atoms with E-state index in [0.717, 1.165) is 18.5 Å². The van der Waals surface area contributed by atoms with Gasteiger partial charge in [0.1, 0.15) is 0 Å². The second kappa shape index (κ2) is 7.37. The van der Waals surface area contributed by atoms with Gasteiger partial charge in [-0.25, -0.2) is 4.79 Å². The van der Waals surface area contributed by atoms with E-state index in [9.17, 15) is 9.59 Å². The number of anilines is 1. The van der Waals surface area contributed by atoms with Gasteiger partial charge in [-0.15, -0.1) is 0 Å². The van der Waals surface area contributed by atoms with E-state index in [1.807, 2.05) is 6.92 Å². The Morgan fingerprint density at radius 1 is 1.30 bits per heavy atom. The van der Waals surface area contributed by atoms with Crippen LogP contribution in [-0.4, -0.2) is 54.2 Å². The van der Waals surface area contributed by atoms with Crippen molar-refractivity contribution in [1.82, 2.24) is 25.7 Å². The smallest absolute Gasteiger partial charge is 0.316 e. The van der Waals surface area contributed by atoms with Gasteiger partial charge in [0.25, 0.3) is 5.91 Å². The van der Waals surface area contributed by atoms with Gasteiger partial charge < -0.3 is 21.3 Å².